The summed E-state index contributed by atoms with van der Waals surface area (Å²) in [5, 5.41) is 6.69. The monoisotopic (exact) mass is 320 g/mol. The van der Waals surface area contributed by atoms with E-state index in [4.69, 9.17) is 0 Å². The van der Waals surface area contributed by atoms with Gasteiger partial charge in [0, 0.05) is 12.0 Å². The molecule has 4 rings (SSSR count). The first-order chi connectivity index (χ1) is 10.3. The summed E-state index contributed by atoms with van der Waals surface area (Å²) in [6, 6.07) is 11.1. The number of carbonyl (C=O) groups is 1. The molecule has 4 heteroatoms. The highest BCUT2D eigenvalue weighted by atomic mass is 35.5. The van der Waals surface area contributed by atoms with Crippen molar-refractivity contribution in [3.8, 4) is 0 Å². The average molecular weight is 321 g/mol. The first kappa shape index (κ1) is 15.8. The fourth-order valence-electron chi connectivity index (χ4n) is 4.23. The molecule has 1 amide bonds. The Morgan fingerprint density at radius 3 is 2.50 bits per heavy atom. The van der Waals surface area contributed by atoms with E-state index in [1.54, 1.807) is 0 Å². The Balaban J connectivity index is 0.00000144. The molecule has 1 saturated heterocycles. The third-order valence-electron chi connectivity index (χ3n) is 5.86. The van der Waals surface area contributed by atoms with Crippen molar-refractivity contribution < 1.29 is 4.79 Å². The summed E-state index contributed by atoms with van der Waals surface area (Å²) in [4.78, 5) is 12.4. The van der Waals surface area contributed by atoms with Crippen molar-refractivity contribution in [2.24, 2.45) is 11.3 Å². The molecule has 3 fully saturated rings. The van der Waals surface area contributed by atoms with E-state index in [1.165, 1.54) is 18.4 Å². The maximum atomic E-state index is 12.4. The molecule has 1 spiro atoms. The largest absolute Gasteiger partial charge is 0.353 e. The fraction of sp³-hybridized carbons (Fsp3) is 0.611. The molecule has 1 heterocycles. The van der Waals surface area contributed by atoms with Gasteiger partial charge in [0.1, 0.15) is 0 Å². The van der Waals surface area contributed by atoms with Gasteiger partial charge in [-0.25, -0.2) is 0 Å². The molecule has 0 bridgehead atoms. The highest BCUT2D eigenvalue weighted by molar-refractivity contribution is 5.85. The second kappa shape index (κ2) is 6.21. The lowest BCUT2D eigenvalue weighted by atomic mass is 9.76. The van der Waals surface area contributed by atoms with E-state index in [1.807, 2.05) is 0 Å². The number of rotatable bonds is 3. The van der Waals surface area contributed by atoms with Gasteiger partial charge in [0.2, 0.25) is 5.91 Å². The SMILES string of the molecule is Cl.O=C(NC1CC(c2ccccc2)C1)C1CC12CCNCC2. The van der Waals surface area contributed by atoms with Crippen LogP contribution < -0.4 is 10.6 Å². The summed E-state index contributed by atoms with van der Waals surface area (Å²) >= 11 is 0. The van der Waals surface area contributed by atoms with Crippen molar-refractivity contribution in [1.82, 2.24) is 10.6 Å². The van der Waals surface area contributed by atoms with Crippen molar-refractivity contribution in [3.05, 3.63) is 35.9 Å². The lowest BCUT2D eigenvalue weighted by molar-refractivity contribution is -0.124. The van der Waals surface area contributed by atoms with E-state index in [-0.39, 0.29) is 12.4 Å². The number of hydrogen-bond donors (Lipinski definition) is 2. The van der Waals surface area contributed by atoms with Crippen molar-refractivity contribution in [2.75, 3.05) is 13.1 Å². The van der Waals surface area contributed by atoms with Gasteiger partial charge < -0.3 is 10.6 Å². The van der Waals surface area contributed by atoms with Crippen LogP contribution >= 0.6 is 12.4 Å². The Kier molecular flexibility index (Phi) is 4.47. The van der Waals surface area contributed by atoms with E-state index < -0.39 is 0 Å². The standard InChI is InChI=1S/C18H24N2O.ClH/c21-17(16-12-18(16)6-8-19-9-7-18)20-15-10-14(11-15)13-4-2-1-3-5-13;/h1-5,14-16,19H,6-12H2,(H,20,21);1H. The van der Waals surface area contributed by atoms with Crippen LogP contribution in [0.3, 0.4) is 0 Å². The number of carbonyl (C=O) groups excluding carboxylic acids is 1. The molecule has 3 nitrogen and oxygen atoms in total. The van der Waals surface area contributed by atoms with Crippen LogP contribution in [-0.2, 0) is 4.79 Å². The number of benzene rings is 1. The smallest absolute Gasteiger partial charge is 0.223 e. The molecule has 1 aromatic carbocycles. The van der Waals surface area contributed by atoms with Gasteiger partial charge in [-0.05, 0) is 62.1 Å². The second-order valence-electron chi connectivity index (χ2n) is 7.15. The molecule has 1 atom stereocenters. The summed E-state index contributed by atoms with van der Waals surface area (Å²) in [5.74, 6) is 1.27. The lowest BCUT2D eigenvalue weighted by Gasteiger charge is -2.36. The van der Waals surface area contributed by atoms with E-state index in [2.05, 4.69) is 41.0 Å². The summed E-state index contributed by atoms with van der Waals surface area (Å²) in [7, 11) is 0. The van der Waals surface area contributed by atoms with E-state index in [0.717, 1.165) is 32.4 Å². The zero-order valence-electron chi connectivity index (χ0n) is 12.9. The minimum atomic E-state index is 0. The highest BCUT2D eigenvalue weighted by Gasteiger charge is 2.57. The van der Waals surface area contributed by atoms with Gasteiger partial charge in [0.25, 0.3) is 0 Å². The fourth-order valence-corrected chi connectivity index (χ4v) is 4.23. The van der Waals surface area contributed by atoms with Crippen LogP contribution in [0.15, 0.2) is 30.3 Å². The third-order valence-corrected chi connectivity index (χ3v) is 5.86. The molecule has 120 valence electrons. The maximum absolute atomic E-state index is 12.4. The molecule has 2 aliphatic carbocycles. The number of nitrogens with one attached hydrogen (secondary N) is 2. The lowest BCUT2D eigenvalue weighted by Crippen LogP contribution is -2.45. The Morgan fingerprint density at radius 1 is 1.14 bits per heavy atom. The average Bonchev–Trinajstić information content (AvgIpc) is 3.17. The van der Waals surface area contributed by atoms with E-state index >= 15 is 0 Å². The number of amides is 1. The van der Waals surface area contributed by atoms with Crippen molar-refractivity contribution >= 4 is 18.3 Å². The van der Waals surface area contributed by atoms with Crippen LogP contribution in [0.1, 0.15) is 43.6 Å². The number of hydrogen-bond acceptors (Lipinski definition) is 2. The molecule has 0 radical (unpaired) electrons. The summed E-state index contributed by atoms with van der Waals surface area (Å²) in [6.45, 7) is 2.17. The van der Waals surface area contributed by atoms with Crippen molar-refractivity contribution in [1.29, 1.82) is 0 Å². The van der Waals surface area contributed by atoms with Crippen LogP contribution in [0.5, 0.6) is 0 Å². The molecule has 1 unspecified atom stereocenters. The van der Waals surface area contributed by atoms with Crippen LogP contribution in [0.25, 0.3) is 0 Å². The highest BCUT2D eigenvalue weighted by Crippen LogP contribution is 2.58. The van der Waals surface area contributed by atoms with Gasteiger partial charge in [-0.2, -0.15) is 0 Å². The second-order valence-corrected chi connectivity index (χ2v) is 7.15. The molecule has 0 aromatic heterocycles. The Hall–Kier alpha value is -1.06. The molecule has 1 aromatic rings. The Labute approximate surface area is 138 Å². The van der Waals surface area contributed by atoms with Gasteiger partial charge >= 0.3 is 0 Å². The van der Waals surface area contributed by atoms with Gasteiger partial charge in [0.05, 0.1) is 0 Å². The number of piperidine rings is 1. The number of halogens is 1. The first-order valence-corrected chi connectivity index (χ1v) is 8.33. The maximum Gasteiger partial charge on any atom is 0.223 e. The minimum Gasteiger partial charge on any atom is -0.353 e. The van der Waals surface area contributed by atoms with Crippen LogP contribution in [-0.4, -0.2) is 25.0 Å². The van der Waals surface area contributed by atoms with Crippen LogP contribution in [0, 0.1) is 11.3 Å². The van der Waals surface area contributed by atoms with E-state index in [0.29, 0.717) is 29.2 Å². The van der Waals surface area contributed by atoms with Gasteiger partial charge in [-0.1, -0.05) is 30.3 Å². The summed E-state index contributed by atoms with van der Waals surface area (Å²) < 4.78 is 0. The van der Waals surface area contributed by atoms with Gasteiger partial charge in [-0.15, -0.1) is 12.4 Å². The molecule has 22 heavy (non-hydrogen) atoms. The predicted molar refractivity (Wildman–Crippen MR) is 90.2 cm³/mol. The Bertz CT molecular complexity index is 521. The third kappa shape index (κ3) is 2.89. The molecular weight excluding hydrogens is 296 g/mol. The molecule has 2 N–H and O–H groups in total. The van der Waals surface area contributed by atoms with Gasteiger partial charge in [0.15, 0.2) is 0 Å². The van der Waals surface area contributed by atoms with E-state index in [9.17, 15) is 4.79 Å². The van der Waals surface area contributed by atoms with Crippen molar-refractivity contribution in [3.63, 3.8) is 0 Å². The zero-order chi connectivity index (χ0) is 14.3. The minimum absolute atomic E-state index is 0. The van der Waals surface area contributed by atoms with Gasteiger partial charge in [-0.3, -0.25) is 4.79 Å². The normalized spacial score (nSPS) is 31.7. The molecule has 1 aliphatic heterocycles. The topological polar surface area (TPSA) is 41.1 Å². The summed E-state index contributed by atoms with van der Waals surface area (Å²) in [5.41, 5.74) is 1.78. The Morgan fingerprint density at radius 2 is 1.82 bits per heavy atom. The summed E-state index contributed by atoms with van der Waals surface area (Å²) in [6.07, 6.45) is 5.70. The zero-order valence-corrected chi connectivity index (χ0v) is 13.7. The van der Waals surface area contributed by atoms with Crippen LogP contribution in [0.2, 0.25) is 0 Å². The predicted octanol–water partition coefficient (Wildman–Crippen LogP) is 2.86. The molecule has 2 saturated carbocycles. The van der Waals surface area contributed by atoms with Crippen LogP contribution in [0.4, 0.5) is 0 Å². The molecule has 3 aliphatic rings. The first-order valence-electron chi connectivity index (χ1n) is 8.33. The van der Waals surface area contributed by atoms with Crippen molar-refractivity contribution in [2.45, 2.75) is 44.1 Å². The quantitative estimate of drug-likeness (QED) is 0.899. The molecular formula is C18H25ClN2O.